The van der Waals surface area contributed by atoms with Crippen LogP contribution < -0.4 is 10.6 Å². The Morgan fingerprint density at radius 2 is 1.79 bits per heavy atom. The Labute approximate surface area is 160 Å². The predicted octanol–water partition coefficient (Wildman–Crippen LogP) is 3.21. The van der Waals surface area contributed by atoms with Crippen LogP contribution in [0.15, 0.2) is 42.6 Å². The second kappa shape index (κ2) is 5.51. The Bertz CT molecular complexity index is 1160. The van der Waals surface area contributed by atoms with E-state index in [2.05, 4.69) is 15.7 Å². The van der Waals surface area contributed by atoms with E-state index in [1.54, 1.807) is 10.9 Å². The summed E-state index contributed by atoms with van der Waals surface area (Å²) in [4.78, 5) is 25.6. The molecule has 1 atom stereocenters. The maximum absolute atomic E-state index is 14.0. The monoisotopic (exact) mass is 376 g/mol. The smallest absolute Gasteiger partial charge is 0.240 e. The van der Waals surface area contributed by atoms with Crippen LogP contribution in [0.5, 0.6) is 0 Å². The van der Waals surface area contributed by atoms with Crippen molar-refractivity contribution in [2.45, 2.75) is 25.7 Å². The molecule has 0 saturated carbocycles. The molecule has 7 heteroatoms. The molecule has 2 aromatic carbocycles. The fourth-order valence-corrected chi connectivity index (χ4v) is 4.33. The van der Waals surface area contributed by atoms with Crippen molar-refractivity contribution in [2.75, 3.05) is 10.6 Å². The predicted molar refractivity (Wildman–Crippen MR) is 102 cm³/mol. The topological polar surface area (TPSA) is 76.0 Å². The number of halogens is 1. The number of rotatable bonds is 1. The summed E-state index contributed by atoms with van der Waals surface area (Å²) in [7, 11) is 0. The number of benzene rings is 2. The van der Waals surface area contributed by atoms with Crippen molar-refractivity contribution in [1.29, 1.82) is 0 Å². The van der Waals surface area contributed by atoms with Crippen LogP contribution in [0.3, 0.4) is 0 Å². The second-order valence-electron chi connectivity index (χ2n) is 7.44. The Kier molecular flexibility index (Phi) is 3.28. The van der Waals surface area contributed by atoms with Crippen LogP contribution in [0.2, 0.25) is 0 Å². The number of carbonyl (C=O) groups excluding carboxylic acids is 2. The van der Waals surface area contributed by atoms with Crippen molar-refractivity contribution < 1.29 is 14.0 Å². The number of fused-ring (bicyclic) bond motifs is 4. The maximum Gasteiger partial charge on any atom is 0.240 e. The van der Waals surface area contributed by atoms with E-state index in [-0.39, 0.29) is 18.2 Å². The number of nitrogens with one attached hydrogen (secondary N) is 2. The highest BCUT2D eigenvalue weighted by molar-refractivity contribution is 6.14. The van der Waals surface area contributed by atoms with Crippen LogP contribution >= 0.6 is 0 Å². The number of amides is 2. The number of aryl methyl sites for hydroxylation is 2. The number of aromatic nitrogens is 2. The van der Waals surface area contributed by atoms with Gasteiger partial charge in [-0.25, -0.2) is 9.07 Å². The SMILES string of the molecule is Cc1cc(C)cc(-n2ncc3c2NC(=O)C[C@@]32C(=O)Nc3ccc(F)cc32)c1. The number of nitrogens with zero attached hydrogens (tertiary/aromatic N) is 2. The minimum Gasteiger partial charge on any atom is -0.325 e. The van der Waals surface area contributed by atoms with Gasteiger partial charge in [-0.2, -0.15) is 5.10 Å². The molecule has 3 heterocycles. The third-order valence-corrected chi connectivity index (χ3v) is 5.44. The fraction of sp³-hybridized carbons (Fsp3) is 0.190. The molecule has 2 N–H and O–H groups in total. The number of anilines is 2. The zero-order valence-corrected chi connectivity index (χ0v) is 15.3. The van der Waals surface area contributed by atoms with Gasteiger partial charge in [-0.15, -0.1) is 0 Å². The molecule has 0 aliphatic carbocycles. The molecule has 140 valence electrons. The van der Waals surface area contributed by atoms with E-state index >= 15 is 0 Å². The number of hydrogen-bond donors (Lipinski definition) is 2. The highest BCUT2D eigenvalue weighted by atomic mass is 19.1. The first-order valence-corrected chi connectivity index (χ1v) is 8.97. The molecule has 6 nitrogen and oxygen atoms in total. The van der Waals surface area contributed by atoms with Crippen molar-refractivity contribution in [3.63, 3.8) is 0 Å². The summed E-state index contributed by atoms with van der Waals surface area (Å²) in [6.07, 6.45) is 1.49. The summed E-state index contributed by atoms with van der Waals surface area (Å²) in [6, 6.07) is 10.1. The average Bonchev–Trinajstić information content (AvgIpc) is 3.15. The summed E-state index contributed by atoms with van der Waals surface area (Å²) in [6.45, 7) is 3.96. The van der Waals surface area contributed by atoms with E-state index in [0.29, 0.717) is 22.6 Å². The first-order valence-electron chi connectivity index (χ1n) is 8.97. The molecule has 0 bridgehead atoms. The average molecular weight is 376 g/mol. The molecule has 0 radical (unpaired) electrons. The highest BCUT2D eigenvalue weighted by Gasteiger charge is 2.54. The van der Waals surface area contributed by atoms with Gasteiger partial charge in [0.05, 0.1) is 11.9 Å². The lowest BCUT2D eigenvalue weighted by Gasteiger charge is -2.31. The first kappa shape index (κ1) is 16.7. The zero-order chi connectivity index (χ0) is 19.6. The van der Waals surface area contributed by atoms with Gasteiger partial charge < -0.3 is 10.6 Å². The molecule has 28 heavy (non-hydrogen) atoms. The second-order valence-corrected chi connectivity index (χ2v) is 7.44. The van der Waals surface area contributed by atoms with E-state index < -0.39 is 11.2 Å². The molecule has 0 fully saturated rings. The van der Waals surface area contributed by atoms with E-state index in [4.69, 9.17) is 0 Å². The van der Waals surface area contributed by atoms with E-state index in [1.807, 2.05) is 32.0 Å². The summed E-state index contributed by atoms with van der Waals surface area (Å²) in [5, 5.41) is 10.1. The van der Waals surface area contributed by atoms with Gasteiger partial charge >= 0.3 is 0 Å². The fourth-order valence-electron chi connectivity index (χ4n) is 4.33. The van der Waals surface area contributed by atoms with Gasteiger partial charge in [0.15, 0.2) is 0 Å². The largest absolute Gasteiger partial charge is 0.325 e. The van der Waals surface area contributed by atoms with Crippen LogP contribution in [-0.4, -0.2) is 21.6 Å². The third-order valence-electron chi connectivity index (χ3n) is 5.44. The quantitative estimate of drug-likeness (QED) is 0.685. The molecule has 2 aliphatic rings. The summed E-state index contributed by atoms with van der Waals surface area (Å²) >= 11 is 0. The molecule has 2 aliphatic heterocycles. The van der Waals surface area contributed by atoms with Crippen molar-refractivity contribution in [3.8, 4) is 5.69 Å². The lowest BCUT2D eigenvalue weighted by atomic mass is 9.72. The summed E-state index contributed by atoms with van der Waals surface area (Å²) < 4.78 is 15.6. The van der Waals surface area contributed by atoms with Crippen molar-refractivity contribution in [1.82, 2.24) is 9.78 Å². The molecule has 3 aromatic rings. The molecule has 1 aromatic heterocycles. The van der Waals surface area contributed by atoms with Crippen LogP contribution in [0.25, 0.3) is 5.69 Å². The van der Waals surface area contributed by atoms with Gasteiger partial charge in [0, 0.05) is 17.7 Å². The Morgan fingerprint density at radius 1 is 1.04 bits per heavy atom. The van der Waals surface area contributed by atoms with Gasteiger partial charge in [0.25, 0.3) is 0 Å². The third kappa shape index (κ3) is 2.16. The normalized spacial score (nSPS) is 20.0. The van der Waals surface area contributed by atoms with Crippen LogP contribution in [0, 0.1) is 19.7 Å². The molecule has 5 rings (SSSR count). The van der Waals surface area contributed by atoms with E-state index in [1.165, 1.54) is 18.2 Å². The molecule has 1 spiro atoms. The van der Waals surface area contributed by atoms with Gasteiger partial charge in [-0.1, -0.05) is 6.07 Å². The molecular weight excluding hydrogens is 359 g/mol. The standard InChI is InChI=1S/C21H17FN4O2/c1-11-5-12(2)7-14(6-11)26-19-16(10-23-26)21(9-18(27)25-19)15-8-13(22)3-4-17(15)24-20(21)28/h3-8,10H,9H2,1-2H3,(H,24,28)(H,25,27)/t21-/m0/s1. The van der Waals surface area contributed by atoms with Crippen molar-refractivity contribution in [2.24, 2.45) is 0 Å². The summed E-state index contributed by atoms with van der Waals surface area (Å²) in [5.41, 5.74) is 3.16. The first-order chi connectivity index (χ1) is 13.4. The molecule has 0 unspecified atom stereocenters. The molecule has 0 saturated heterocycles. The van der Waals surface area contributed by atoms with Crippen LogP contribution in [0.4, 0.5) is 15.9 Å². The lowest BCUT2D eigenvalue weighted by molar-refractivity contribution is -0.125. The minimum atomic E-state index is -1.29. The Hall–Kier alpha value is -3.48. The summed E-state index contributed by atoms with van der Waals surface area (Å²) in [5.74, 6) is -0.674. The van der Waals surface area contributed by atoms with Crippen LogP contribution in [0.1, 0.15) is 28.7 Å². The van der Waals surface area contributed by atoms with E-state index in [9.17, 15) is 14.0 Å². The molecule has 2 amide bonds. The lowest BCUT2D eigenvalue weighted by Crippen LogP contribution is -2.43. The maximum atomic E-state index is 14.0. The number of carbonyl (C=O) groups is 2. The van der Waals surface area contributed by atoms with Crippen LogP contribution in [-0.2, 0) is 15.0 Å². The highest BCUT2D eigenvalue weighted by Crippen LogP contribution is 2.50. The zero-order valence-electron chi connectivity index (χ0n) is 15.3. The van der Waals surface area contributed by atoms with Crippen molar-refractivity contribution >= 4 is 23.3 Å². The number of hydrogen-bond acceptors (Lipinski definition) is 3. The van der Waals surface area contributed by atoms with Gasteiger partial charge in [0.1, 0.15) is 17.1 Å². The molecular formula is C21H17FN4O2. The Balaban J connectivity index is 1.77. The minimum absolute atomic E-state index is 0.0964. The van der Waals surface area contributed by atoms with Gasteiger partial charge in [0.2, 0.25) is 11.8 Å². The van der Waals surface area contributed by atoms with E-state index in [0.717, 1.165) is 16.8 Å². The van der Waals surface area contributed by atoms with Gasteiger partial charge in [-0.05, 0) is 60.9 Å². The van der Waals surface area contributed by atoms with Crippen molar-refractivity contribution in [3.05, 3.63) is 70.7 Å². The Morgan fingerprint density at radius 3 is 2.54 bits per heavy atom. The van der Waals surface area contributed by atoms with Gasteiger partial charge in [-0.3, -0.25) is 9.59 Å².